The summed E-state index contributed by atoms with van der Waals surface area (Å²) in [6.45, 7) is 1.00. The molecular weight excluding hydrogens is 238 g/mol. The number of aryl methyl sites for hydroxylation is 1. The molecule has 0 radical (unpaired) electrons. The van der Waals surface area contributed by atoms with E-state index >= 15 is 0 Å². The fourth-order valence-electron chi connectivity index (χ4n) is 2.87. The lowest BCUT2D eigenvalue weighted by Crippen LogP contribution is -2.37. The van der Waals surface area contributed by atoms with E-state index in [1.165, 1.54) is 24.0 Å². The van der Waals surface area contributed by atoms with Gasteiger partial charge in [-0.1, -0.05) is 24.3 Å². The molecule has 3 heteroatoms. The molecule has 19 heavy (non-hydrogen) atoms. The van der Waals surface area contributed by atoms with E-state index in [0.29, 0.717) is 12.5 Å². The number of benzene rings is 1. The highest BCUT2D eigenvalue weighted by atomic mass is 16.4. The Bertz CT molecular complexity index is 431. The van der Waals surface area contributed by atoms with Crippen molar-refractivity contribution >= 4 is 5.97 Å². The predicted molar refractivity (Wildman–Crippen MR) is 76.4 cm³/mol. The minimum Gasteiger partial charge on any atom is -0.481 e. The average molecular weight is 261 g/mol. The third-order valence-electron chi connectivity index (χ3n) is 4.10. The molecule has 2 rings (SSSR count). The molecule has 1 aromatic carbocycles. The first-order valence-electron chi connectivity index (χ1n) is 7.15. The summed E-state index contributed by atoms with van der Waals surface area (Å²) in [7, 11) is 2.17. The van der Waals surface area contributed by atoms with Crippen LogP contribution in [0.4, 0.5) is 0 Å². The highest BCUT2D eigenvalue weighted by Gasteiger charge is 2.21. The summed E-state index contributed by atoms with van der Waals surface area (Å²) < 4.78 is 0. The molecule has 0 aromatic heterocycles. The van der Waals surface area contributed by atoms with Crippen molar-refractivity contribution in [1.29, 1.82) is 0 Å². The van der Waals surface area contributed by atoms with Gasteiger partial charge in [-0.3, -0.25) is 4.79 Å². The van der Waals surface area contributed by atoms with Gasteiger partial charge in [-0.2, -0.15) is 0 Å². The zero-order chi connectivity index (χ0) is 13.7. The first kappa shape index (κ1) is 14.1. The first-order valence-corrected chi connectivity index (χ1v) is 7.15. The predicted octanol–water partition coefficient (Wildman–Crippen LogP) is 2.73. The minimum absolute atomic E-state index is 0.293. The Balaban J connectivity index is 1.78. The molecule has 1 aliphatic carbocycles. The summed E-state index contributed by atoms with van der Waals surface area (Å²) in [5, 5.41) is 8.62. The number of carbonyl (C=O) groups is 1. The quantitative estimate of drug-likeness (QED) is 0.800. The van der Waals surface area contributed by atoms with Crippen molar-refractivity contribution in [2.24, 2.45) is 0 Å². The van der Waals surface area contributed by atoms with Crippen molar-refractivity contribution in [2.45, 2.75) is 44.6 Å². The standard InChI is InChI=1S/C16H23NO2/c1-17(11-5-4-8-16(18)19)15-10-9-13-6-2-3-7-14(13)12-15/h2-3,6-7,15H,4-5,8-12H2,1H3,(H,18,19)/t15-/m0/s1. The molecule has 1 aliphatic rings. The van der Waals surface area contributed by atoms with Crippen molar-refractivity contribution in [3.8, 4) is 0 Å². The Kier molecular flexibility index (Phi) is 4.97. The number of likely N-dealkylation sites (N-methyl/N-ethyl adjacent to an activating group) is 1. The number of carboxylic acids is 1. The smallest absolute Gasteiger partial charge is 0.303 e. The van der Waals surface area contributed by atoms with Gasteiger partial charge in [0.2, 0.25) is 0 Å². The summed E-state index contributed by atoms with van der Waals surface area (Å²) in [5.41, 5.74) is 2.98. The van der Waals surface area contributed by atoms with Gasteiger partial charge in [-0.05, 0) is 56.8 Å². The maximum atomic E-state index is 10.5. The van der Waals surface area contributed by atoms with E-state index in [-0.39, 0.29) is 0 Å². The molecule has 1 aromatic rings. The largest absolute Gasteiger partial charge is 0.481 e. The van der Waals surface area contributed by atoms with Crippen molar-refractivity contribution in [3.05, 3.63) is 35.4 Å². The zero-order valence-electron chi connectivity index (χ0n) is 11.6. The SMILES string of the molecule is CN(CCCCC(=O)O)[C@H]1CCc2ccccc2C1. The van der Waals surface area contributed by atoms with Gasteiger partial charge in [-0.15, -0.1) is 0 Å². The molecule has 0 spiro atoms. The van der Waals surface area contributed by atoms with Gasteiger partial charge < -0.3 is 10.0 Å². The van der Waals surface area contributed by atoms with Crippen LogP contribution in [-0.2, 0) is 17.6 Å². The Hall–Kier alpha value is -1.35. The normalized spacial score (nSPS) is 18.3. The molecule has 0 amide bonds. The molecule has 3 nitrogen and oxygen atoms in total. The Morgan fingerprint density at radius 2 is 2.05 bits per heavy atom. The van der Waals surface area contributed by atoms with Crippen LogP contribution in [0.15, 0.2) is 24.3 Å². The van der Waals surface area contributed by atoms with Gasteiger partial charge in [-0.25, -0.2) is 0 Å². The van der Waals surface area contributed by atoms with Crippen LogP contribution < -0.4 is 0 Å². The van der Waals surface area contributed by atoms with Gasteiger partial charge >= 0.3 is 5.97 Å². The third kappa shape index (κ3) is 4.06. The van der Waals surface area contributed by atoms with Crippen molar-refractivity contribution < 1.29 is 9.90 Å². The van der Waals surface area contributed by atoms with Crippen molar-refractivity contribution in [2.75, 3.05) is 13.6 Å². The Morgan fingerprint density at radius 1 is 1.32 bits per heavy atom. The van der Waals surface area contributed by atoms with E-state index in [0.717, 1.165) is 25.8 Å². The monoisotopic (exact) mass is 261 g/mol. The molecule has 0 aliphatic heterocycles. The summed E-state index contributed by atoms with van der Waals surface area (Å²) in [4.78, 5) is 12.9. The lowest BCUT2D eigenvalue weighted by Gasteiger charge is -2.32. The fourth-order valence-corrected chi connectivity index (χ4v) is 2.87. The third-order valence-corrected chi connectivity index (χ3v) is 4.10. The number of nitrogens with zero attached hydrogens (tertiary/aromatic N) is 1. The van der Waals surface area contributed by atoms with Gasteiger partial charge in [0.1, 0.15) is 0 Å². The number of hydrogen-bond donors (Lipinski definition) is 1. The fraction of sp³-hybridized carbons (Fsp3) is 0.562. The lowest BCUT2D eigenvalue weighted by molar-refractivity contribution is -0.137. The van der Waals surface area contributed by atoms with E-state index in [4.69, 9.17) is 5.11 Å². The maximum absolute atomic E-state index is 10.5. The van der Waals surface area contributed by atoms with E-state index in [1.54, 1.807) is 0 Å². The summed E-state index contributed by atoms with van der Waals surface area (Å²) in [6.07, 6.45) is 5.56. The van der Waals surface area contributed by atoms with Crippen LogP contribution in [0.5, 0.6) is 0 Å². The highest BCUT2D eigenvalue weighted by molar-refractivity contribution is 5.66. The Labute approximate surface area is 115 Å². The van der Waals surface area contributed by atoms with Gasteiger partial charge in [0, 0.05) is 12.5 Å². The second kappa shape index (κ2) is 6.71. The second-order valence-corrected chi connectivity index (χ2v) is 5.50. The molecule has 0 saturated carbocycles. The molecule has 0 bridgehead atoms. The van der Waals surface area contributed by atoms with Crippen LogP contribution in [0.3, 0.4) is 0 Å². The summed E-state index contributed by atoms with van der Waals surface area (Å²) in [6, 6.07) is 9.32. The van der Waals surface area contributed by atoms with Gasteiger partial charge in [0.05, 0.1) is 0 Å². The van der Waals surface area contributed by atoms with Gasteiger partial charge in [0.25, 0.3) is 0 Å². The zero-order valence-corrected chi connectivity index (χ0v) is 11.6. The van der Waals surface area contributed by atoms with Crippen LogP contribution in [0, 0.1) is 0 Å². The molecule has 0 fully saturated rings. The van der Waals surface area contributed by atoms with Gasteiger partial charge in [0.15, 0.2) is 0 Å². The highest BCUT2D eigenvalue weighted by Crippen LogP contribution is 2.23. The molecule has 0 heterocycles. The van der Waals surface area contributed by atoms with Crippen LogP contribution in [0.2, 0.25) is 0 Å². The number of unbranched alkanes of at least 4 members (excludes halogenated alkanes) is 1. The maximum Gasteiger partial charge on any atom is 0.303 e. The van der Waals surface area contributed by atoms with Crippen LogP contribution in [-0.4, -0.2) is 35.6 Å². The van der Waals surface area contributed by atoms with Crippen LogP contribution >= 0.6 is 0 Å². The minimum atomic E-state index is -0.686. The van der Waals surface area contributed by atoms with Crippen molar-refractivity contribution in [1.82, 2.24) is 4.90 Å². The number of hydrogen-bond acceptors (Lipinski definition) is 2. The number of carboxylic acid groups (broad SMARTS) is 1. The van der Waals surface area contributed by atoms with Crippen molar-refractivity contribution in [3.63, 3.8) is 0 Å². The number of rotatable bonds is 6. The van der Waals surface area contributed by atoms with E-state index in [1.807, 2.05) is 0 Å². The summed E-state index contributed by atoms with van der Waals surface area (Å²) >= 11 is 0. The molecule has 0 unspecified atom stereocenters. The molecule has 0 saturated heterocycles. The average Bonchev–Trinajstić information content (AvgIpc) is 2.42. The lowest BCUT2D eigenvalue weighted by atomic mass is 9.87. The Morgan fingerprint density at radius 3 is 2.79 bits per heavy atom. The van der Waals surface area contributed by atoms with E-state index in [2.05, 4.69) is 36.2 Å². The molecule has 1 N–H and O–H groups in total. The van der Waals surface area contributed by atoms with Crippen LogP contribution in [0.1, 0.15) is 36.8 Å². The first-order chi connectivity index (χ1) is 9.16. The number of fused-ring (bicyclic) bond motifs is 1. The van der Waals surface area contributed by atoms with E-state index in [9.17, 15) is 4.79 Å². The molecule has 1 atom stereocenters. The van der Waals surface area contributed by atoms with Crippen LogP contribution in [0.25, 0.3) is 0 Å². The topological polar surface area (TPSA) is 40.5 Å². The van der Waals surface area contributed by atoms with E-state index < -0.39 is 5.97 Å². The molecular formula is C16H23NO2. The summed E-state index contributed by atoms with van der Waals surface area (Å²) in [5.74, 6) is -0.686. The number of aliphatic carboxylic acids is 1. The molecule has 104 valence electrons. The second-order valence-electron chi connectivity index (χ2n) is 5.50.